The fraction of sp³-hybridized carbons (Fsp3) is 0.0556. The second kappa shape index (κ2) is 5.76. The summed E-state index contributed by atoms with van der Waals surface area (Å²) in [7, 11) is 0. The molecule has 3 aromatic carbocycles. The molecule has 0 radical (unpaired) electrons. The van der Waals surface area contributed by atoms with E-state index in [1.165, 1.54) is 18.2 Å². The fourth-order valence-corrected chi connectivity index (χ4v) is 2.39. The zero-order chi connectivity index (χ0) is 16.4. The van der Waals surface area contributed by atoms with Crippen LogP contribution in [0.4, 0.5) is 13.2 Å². The Morgan fingerprint density at radius 2 is 1.52 bits per heavy atom. The molecule has 0 N–H and O–H groups in total. The van der Waals surface area contributed by atoms with Gasteiger partial charge in [-0.05, 0) is 46.2 Å². The van der Waals surface area contributed by atoms with Crippen molar-refractivity contribution in [3.8, 4) is 16.9 Å². The highest BCUT2D eigenvalue weighted by atomic mass is 19.4. The number of hydrogen-bond donors (Lipinski definition) is 0. The second-order valence-electron chi connectivity index (χ2n) is 5.01. The summed E-state index contributed by atoms with van der Waals surface area (Å²) in [5.74, 6) is -0.258. The minimum Gasteiger partial charge on any atom is -0.406 e. The molecule has 0 saturated carbocycles. The average molecular weight is 316 g/mol. The topological polar surface area (TPSA) is 26.3 Å². The van der Waals surface area contributed by atoms with E-state index < -0.39 is 6.36 Å². The molecular weight excluding hydrogens is 305 g/mol. The predicted molar refractivity (Wildman–Crippen MR) is 81.5 cm³/mol. The lowest BCUT2D eigenvalue weighted by atomic mass is 10.00. The lowest BCUT2D eigenvalue weighted by molar-refractivity contribution is -0.274. The van der Waals surface area contributed by atoms with Crippen molar-refractivity contribution >= 4 is 17.1 Å². The number of carbonyl (C=O) groups is 1. The molecule has 0 saturated heterocycles. The van der Waals surface area contributed by atoms with Crippen LogP contribution in [0.15, 0.2) is 60.7 Å². The van der Waals surface area contributed by atoms with Crippen molar-refractivity contribution in [2.24, 2.45) is 0 Å². The van der Waals surface area contributed by atoms with Gasteiger partial charge in [-0.3, -0.25) is 4.79 Å². The summed E-state index contributed by atoms with van der Waals surface area (Å²) in [4.78, 5) is 10.8. The summed E-state index contributed by atoms with van der Waals surface area (Å²) in [6, 6.07) is 16.6. The quantitative estimate of drug-likeness (QED) is 0.619. The van der Waals surface area contributed by atoms with Gasteiger partial charge < -0.3 is 4.74 Å². The number of benzene rings is 3. The van der Waals surface area contributed by atoms with Crippen molar-refractivity contribution in [3.05, 3.63) is 66.2 Å². The molecule has 0 amide bonds. The Morgan fingerprint density at radius 3 is 2.26 bits per heavy atom. The van der Waals surface area contributed by atoms with Gasteiger partial charge in [-0.25, -0.2) is 0 Å². The number of rotatable bonds is 3. The standard InChI is InChI=1S/C18H11F3O2/c19-18(20,21)23-17-3-1-2-13(10-17)16-7-6-14-8-12(11-22)4-5-15(14)9-16/h1-11H. The van der Waals surface area contributed by atoms with E-state index in [0.717, 1.165) is 22.6 Å². The van der Waals surface area contributed by atoms with Crippen LogP contribution in [0.3, 0.4) is 0 Å². The van der Waals surface area contributed by atoms with Crippen LogP contribution in [0.25, 0.3) is 21.9 Å². The lowest BCUT2D eigenvalue weighted by Gasteiger charge is -2.10. The molecule has 3 rings (SSSR count). The first-order chi connectivity index (χ1) is 10.9. The van der Waals surface area contributed by atoms with Crippen LogP contribution < -0.4 is 4.74 Å². The maximum Gasteiger partial charge on any atom is 0.573 e. The number of alkyl halides is 3. The van der Waals surface area contributed by atoms with Gasteiger partial charge in [0.05, 0.1) is 0 Å². The monoisotopic (exact) mass is 316 g/mol. The molecule has 0 fully saturated rings. The first kappa shape index (κ1) is 15.1. The molecule has 23 heavy (non-hydrogen) atoms. The maximum atomic E-state index is 12.3. The number of halogens is 3. The summed E-state index contributed by atoms with van der Waals surface area (Å²) in [5.41, 5.74) is 1.96. The Morgan fingerprint density at radius 1 is 0.826 bits per heavy atom. The number of aldehydes is 1. The highest BCUT2D eigenvalue weighted by molar-refractivity contribution is 5.91. The Hall–Kier alpha value is -2.82. The van der Waals surface area contributed by atoms with Gasteiger partial charge in [0, 0.05) is 5.56 Å². The van der Waals surface area contributed by atoms with Crippen molar-refractivity contribution in [2.45, 2.75) is 6.36 Å². The van der Waals surface area contributed by atoms with Crippen LogP contribution in [0.5, 0.6) is 5.75 Å². The van der Waals surface area contributed by atoms with Crippen LogP contribution in [-0.4, -0.2) is 12.6 Å². The van der Waals surface area contributed by atoms with Gasteiger partial charge in [0.15, 0.2) is 0 Å². The summed E-state index contributed by atoms with van der Waals surface area (Å²) in [5, 5.41) is 1.79. The molecule has 0 heterocycles. The summed E-state index contributed by atoms with van der Waals surface area (Å²) in [6.45, 7) is 0. The van der Waals surface area contributed by atoms with Gasteiger partial charge in [-0.2, -0.15) is 0 Å². The number of ether oxygens (including phenoxy) is 1. The first-order valence-electron chi connectivity index (χ1n) is 6.80. The van der Waals surface area contributed by atoms with E-state index in [4.69, 9.17) is 0 Å². The smallest absolute Gasteiger partial charge is 0.406 e. The van der Waals surface area contributed by atoms with E-state index in [1.54, 1.807) is 30.3 Å². The molecule has 0 aliphatic carbocycles. The van der Waals surface area contributed by atoms with Gasteiger partial charge >= 0.3 is 6.36 Å². The third-order valence-electron chi connectivity index (χ3n) is 3.40. The summed E-state index contributed by atoms with van der Waals surface area (Å²) < 4.78 is 40.9. The molecule has 0 atom stereocenters. The third-order valence-corrected chi connectivity index (χ3v) is 3.40. The molecule has 116 valence electrons. The lowest BCUT2D eigenvalue weighted by Crippen LogP contribution is -2.17. The molecule has 2 nitrogen and oxygen atoms in total. The van der Waals surface area contributed by atoms with Crippen LogP contribution >= 0.6 is 0 Å². The number of hydrogen-bond acceptors (Lipinski definition) is 2. The largest absolute Gasteiger partial charge is 0.573 e. The van der Waals surface area contributed by atoms with E-state index in [0.29, 0.717) is 11.1 Å². The zero-order valence-corrected chi connectivity index (χ0v) is 11.8. The SMILES string of the molecule is O=Cc1ccc2cc(-c3cccc(OC(F)(F)F)c3)ccc2c1. The van der Waals surface area contributed by atoms with Crippen LogP contribution in [0, 0.1) is 0 Å². The van der Waals surface area contributed by atoms with Crippen LogP contribution in [0.2, 0.25) is 0 Å². The van der Waals surface area contributed by atoms with Gasteiger partial charge in [0.1, 0.15) is 12.0 Å². The van der Waals surface area contributed by atoms with Gasteiger partial charge in [0.2, 0.25) is 0 Å². The molecule has 0 aliphatic rings. The van der Waals surface area contributed by atoms with Crippen molar-refractivity contribution in [3.63, 3.8) is 0 Å². The minimum absolute atomic E-state index is 0.258. The highest BCUT2D eigenvalue weighted by Gasteiger charge is 2.31. The summed E-state index contributed by atoms with van der Waals surface area (Å²) in [6.07, 6.45) is -3.95. The average Bonchev–Trinajstić information content (AvgIpc) is 2.52. The van der Waals surface area contributed by atoms with E-state index in [9.17, 15) is 18.0 Å². The molecule has 0 aromatic heterocycles. The van der Waals surface area contributed by atoms with E-state index >= 15 is 0 Å². The normalized spacial score (nSPS) is 11.4. The van der Waals surface area contributed by atoms with Crippen LogP contribution in [-0.2, 0) is 0 Å². The number of carbonyl (C=O) groups excluding carboxylic acids is 1. The predicted octanol–water partition coefficient (Wildman–Crippen LogP) is 5.22. The number of fused-ring (bicyclic) bond motifs is 1. The molecule has 0 spiro atoms. The fourth-order valence-electron chi connectivity index (χ4n) is 2.39. The van der Waals surface area contributed by atoms with E-state index in [1.807, 2.05) is 12.1 Å². The Kier molecular flexibility index (Phi) is 3.78. The van der Waals surface area contributed by atoms with Crippen molar-refractivity contribution in [2.75, 3.05) is 0 Å². The summed E-state index contributed by atoms with van der Waals surface area (Å²) >= 11 is 0. The third kappa shape index (κ3) is 3.51. The van der Waals surface area contributed by atoms with Crippen molar-refractivity contribution in [1.29, 1.82) is 0 Å². The molecule has 0 aliphatic heterocycles. The Balaban J connectivity index is 1.99. The van der Waals surface area contributed by atoms with Crippen molar-refractivity contribution < 1.29 is 22.7 Å². The van der Waals surface area contributed by atoms with Gasteiger partial charge in [0.25, 0.3) is 0 Å². The molecule has 0 unspecified atom stereocenters. The Bertz CT molecular complexity index is 870. The van der Waals surface area contributed by atoms with Crippen molar-refractivity contribution in [1.82, 2.24) is 0 Å². The Labute approximate surface area is 130 Å². The second-order valence-corrected chi connectivity index (χ2v) is 5.01. The zero-order valence-electron chi connectivity index (χ0n) is 11.8. The van der Waals surface area contributed by atoms with Gasteiger partial charge in [-0.1, -0.05) is 36.4 Å². The van der Waals surface area contributed by atoms with Crippen LogP contribution in [0.1, 0.15) is 10.4 Å². The van der Waals surface area contributed by atoms with E-state index in [2.05, 4.69) is 4.74 Å². The van der Waals surface area contributed by atoms with Gasteiger partial charge in [-0.15, -0.1) is 13.2 Å². The maximum absolute atomic E-state index is 12.3. The van der Waals surface area contributed by atoms with E-state index in [-0.39, 0.29) is 5.75 Å². The molecule has 3 aromatic rings. The first-order valence-corrected chi connectivity index (χ1v) is 6.80. The highest BCUT2D eigenvalue weighted by Crippen LogP contribution is 2.30. The minimum atomic E-state index is -4.72. The molecular formula is C18H11F3O2. The molecule has 5 heteroatoms. The molecule has 0 bridgehead atoms.